The molecular weight excluding hydrogens is 400 g/mol. The van der Waals surface area contributed by atoms with Crippen molar-refractivity contribution < 1.29 is 14.3 Å². The molecule has 1 amide bonds. The fourth-order valence-electron chi connectivity index (χ4n) is 2.93. The first kappa shape index (κ1) is 21.5. The van der Waals surface area contributed by atoms with Crippen molar-refractivity contribution in [1.82, 2.24) is 0 Å². The van der Waals surface area contributed by atoms with E-state index in [1.54, 1.807) is 7.11 Å². The molecule has 0 radical (unpaired) electrons. The Morgan fingerprint density at radius 3 is 2.27 bits per heavy atom. The van der Waals surface area contributed by atoms with Crippen LogP contribution in [0.5, 0.6) is 11.5 Å². The summed E-state index contributed by atoms with van der Waals surface area (Å²) < 4.78 is 11.4. The van der Waals surface area contributed by atoms with Crippen LogP contribution < -0.4 is 20.1 Å². The molecule has 0 unspecified atom stereocenters. The Bertz CT molecular complexity index is 1000. The molecule has 0 spiro atoms. The zero-order chi connectivity index (χ0) is 21.5. The summed E-state index contributed by atoms with van der Waals surface area (Å²) in [4.78, 5) is 11.1. The van der Waals surface area contributed by atoms with Gasteiger partial charge in [0.15, 0.2) is 11.5 Å². The molecule has 0 saturated carbocycles. The van der Waals surface area contributed by atoms with Crippen LogP contribution in [0, 0.1) is 6.92 Å². The van der Waals surface area contributed by atoms with Crippen LogP contribution in [0.1, 0.15) is 23.6 Å². The van der Waals surface area contributed by atoms with E-state index in [0.29, 0.717) is 29.7 Å². The lowest BCUT2D eigenvalue weighted by molar-refractivity contribution is -0.114. The number of amides is 1. The number of rotatable bonds is 8. The van der Waals surface area contributed by atoms with Crippen molar-refractivity contribution in [3.8, 4) is 11.5 Å². The summed E-state index contributed by atoms with van der Waals surface area (Å²) in [5, 5.41) is 6.58. The molecular formula is C24H25ClN2O3. The van der Waals surface area contributed by atoms with Crippen molar-refractivity contribution >= 4 is 28.9 Å². The molecule has 0 saturated heterocycles. The Morgan fingerprint density at radius 2 is 1.63 bits per heavy atom. The molecule has 0 aliphatic carbocycles. The van der Waals surface area contributed by atoms with Gasteiger partial charge in [0.2, 0.25) is 5.91 Å². The molecule has 0 atom stereocenters. The van der Waals surface area contributed by atoms with Crippen LogP contribution in [-0.2, 0) is 17.9 Å². The number of methoxy groups -OCH3 is 1. The van der Waals surface area contributed by atoms with E-state index in [4.69, 9.17) is 21.1 Å². The van der Waals surface area contributed by atoms with Crippen molar-refractivity contribution in [2.45, 2.75) is 27.0 Å². The topological polar surface area (TPSA) is 59.6 Å². The Balaban J connectivity index is 1.65. The number of hydrogen-bond acceptors (Lipinski definition) is 4. The van der Waals surface area contributed by atoms with Crippen molar-refractivity contribution in [1.29, 1.82) is 0 Å². The van der Waals surface area contributed by atoms with Gasteiger partial charge in [0.05, 0.1) is 12.1 Å². The summed E-state index contributed by atoms with van der Waals surface area (Å²) in [5.74, 6) is 1.03. The fourth-order valence-corrected chi connectivity index (χ4v) is 3.22. The second-order valence-electron chi connectivity index (χ2n) is 7.00. The minimum Gasteiger partial charge on any atom is -0.493 e. The van der Waals surface area contributed by atoms with Gasteiger partial charge in [-0.05, 0) is 54.4 Å². The Morgan fingerprint density at radius 1 is 0.967 bits per heavy atom. The zero-order valence-corrected chi connectivity index (χ0v) is 18.0. The van der Waals surface area contributed by atoms with Crippen molar-refractivity contribution in [2.24, 2.45) is 0 Å². The summed E-state index contributed by atoms with van der Waals surface area (Å²) in [5.41, 5.74) is 4.92. The maximum Gasteiger partial charge on any atom is 0.221 e. The number of hydrogen-bond donors (Lipinski definition) is 2. The van der Waals surface area contributed by atoms with Gasteiger partial charge in [-0.15, -0.1) is 0 Å². The molecule has 3 aromatic carbocycles. The minimum absolute atomic E-state index is 0.0952. The van der Waals surface area contributed by atoms with Gasteiger partial charge < -0.3 is 20.1 Å². The van der Waals surface area contributed by atoms with Crippen LogP contribution >= 0.6 is 11.6 Å². The second kappa shape index (κ2) is 10.0. The number of ether oxygens (including phenoxy) is 2. The number of anilines is 2. The van der Waals surface area contributed by atoms with Gasteiger partial charge in [0.25, 0.3) is 0 Å². The Labute approximate surface area is 182 Å². The maximum absolute atomic E-state index is 11.1. The van der Waals surface area contributed by atoms with Crippen molar-refractivity contribution in [3.63, 3.8) is 0 Å². The molecule has 30 heavy (non-hydrogen) atoms. The normalized spacial score (nSPS) is 10.4. The van der Waals surface area contributed by atoms with E-state index in [2.05, 4.69) is 29.7 Å². The van der Waals surface area contributed by atoms with Gasteiger partial charge in [-0.1, -0.05) is 41.4 Å². The number of carbonyl (C=O) groups excluding carboxylic acids is 1. The Hall–Kier alpha value is -3.18. The number of aryl methyl sites for hydroxylation is 1. The van der Waals surface area contributed by atoms with E-state index in [-0.39, 0.29) is 5.91 Å². The average molecular weight is 425 g/mol. The lowest BCUT2D eigenvalue weighted by atomic mass is 10.1. The predicted octanol–water partition coefficient (Wildman–Crippen LogP) is 5.81. The predicted molar refractivity (Wildman–Crippen MR) is 122 cm³/mol. The lowest BCUT2D eigenvalue weighted by Gasteiger charge is -2.15. The molecule has 0 aromatic heterocycles. The molecule has 0 heterocycles. The fraction of sp³-hybridized carbons (Fsp3) is 0.208. The van der Waals surface area contributed by atoms with Crippen LogP contribution in [0.25, 0.3) is 0 Å². The van der Waals surface area contributed by atoms with Gasteiger partial charge in [-0.25, -0.2) is 0 Å². The number of carbonyl (C=O) groups is 1. The monoisotopic (exact) mass is 424 g/mol. The van der Waals surface area contributed by atoms with Gasteiger partial charge >= 0.3 is 0 Å². The highest BCUT2D eigenvalue weighted by Gasteiger charge is 2.12. The van der Waals surface area contributed by atoms with Gasteiger partial charge in [0.1, 0.15) is 6.61 Å². The SMILES string of the molecule is COc1cc(CNc2ccc(NC(C)=O)cc2)cc(Cl)c1OCc1ccc(C)cc1. The molecule has 2 N–H and O–H groups in total. The summed E-state index contributed by atoms with van der Waals surface area (Å²) >= 11 is 6.48. The first-order chi connectivity index (χ1) is 14.4. The number of halogens is 1. The van der Waals surface area contributed by atoms with Crippen molar-refractivity contribution in [3.05, 3.63) is 82.4 Å². The third-order valence-corrected chi connectivity index (χ3v) is 4.78. The molecule has 0 aliphatic heterocycles. The molecule has 6 heteroatoms. The van der Waals surface area contributed by atoms with Crippen LogP contribution in [0.2, 0.25) is 5.02 Å². The third kappa shape index (κ3) is 5.91. The largest absolute Gasteiger partial charge is 0.493 e. The van der Waals surface area contributed by atoms with Crippen LogP contribution in [-0.4, -0.2) is 13.0 Å². The average Bonchev–Trinajstić information content (AvgIpc) is 2.73. The van der Waals surface area contributed by atoms with E-state index < -0.39 is 0 Å². The number of nitrogens with one attached hydrogen (secondary N) is 2. The van der Waals surface area contributed by atoms with Gasteiger partial charge in [-0.2, -0.15) is 0 Å². The second-order valence-corrected chi connectivity index (χ2v) is 7.40. The minimum atomic E-state index is -0.0952. The molecule has 156 valence electrons. The maximum atomic E-state index is 11.1. The van der Waals surface area contributed by atoms with E-state index in [1.165, 1.54) is 12.5 Å². The molecule has 5 nitrogen and oxygen atoms in total. The quantitative estimate of drug-likeness (QED) is 0.479. The zero-order valence-electron chi connectivity index (χ0n) is 17.3. The van der Waals surface area contributed by atoms with Crippen LogP contribution in [0.4, 0.5) is 11.4 Å². The smallest absolute Gasteiger partial charge is 0.221 e. The highest BCUT2D eigenvalue weighted by Crippen LogP contribution is 2.37. The lowest BCUT2D eigenvalue weighted by Crippen LogP contribution is -2.06. The van der Waals surface area contributed by atoms with Gasteiger partial charge in [0, 0.05) is 24.8 Å². The molecule has 0 fully saturated rings. The standard InChI is InChI=1S/C24H25ClN2O3/c1-16-4-6-18(7-5-16)15-30-24-22(25)12-19(13-23(24)29-3)14-26-20-8-10-21(11-9-20)27-17(2)28/h4-13,26H,14-15H2,1-3H3,(H,27,28). The molecule has 0 bridgehead atoms. The van der Waals surface area contributed by atoms with E-state index in [9.17, 15) is 4.79 Å². The summed E-state index contributed by atoms with van der Waals surface area (Å²) in [6, 6.07) is 19.5. The van der Waals surface area contributed by atoms with Crippen molar-refractivity contribution in [2.75, 3.05) is 17.7 Å². The molecule has 0 aliphatic rings. The Kier molecular flexibility index (Phi) is 7.20. The molecule has 3 rings (SSSR count). The van der Waals surface area contributed by atoms with Crippen LogP contribution in [0.3, 0.4) is 0 Å². The number of benzene rings is 3. The van der Waals surface area contributed by atoms with E-state index in [0.717, 1.165) is 22.5 Å². The highest BCUT2D eigenvalue weighted by atomic mass is 35.5. The third-order valence-electron chi connectivity index (χ3n) is 4.49. The summed E-state index contributed by atoms with van der Waals surface area (Å²) in [6.45, 7) is 4.51. The highest BCUT2D eigenvalue weighted by molar-refractivity contribution is 6.32. The first-order valence-electron chi connectivity index (χ1n) is 9.61. The van der Waals surface area contributed by atoms with Crippen LogP contribution in [0.15, 0.2) is 60.7 Å². The summed E-state index contributed by atoms with van der Waals surface area (Å²) in [6.07, 6.45) is 0. The molecule has 3 aromatic rings. The first-order valence-corrected chi connectivity index (χ1v) is 9.98. The van der Waals surface area contributed by atoms with E-state index in [1.807, 2.05) is 48.5 Å². The van der Waals surface area contributed by atoms with Gasteiger partial charge in [-0.3, -0.25) is 4.79 Å². The summed E-state index contributed by atoms with van der Waals surface area (Å²) in [7, 11) is 1.60. The van der Waals surface area contributed by atoms with E-state index >= 15 is 0 Å².